The molecule has 0 unspecified atom stereocenters. The summed E-state index contributed by atoms with van der Waals surface area (Å²) >= 11 is 5.66. The second-order valence-corrected chi connectivity index (χ2v) is 7.09. The first-order valence-corrected chi connectivity index (χ1v) is 8.95. The van der Waals surface area contributed by atoms with Crippen LogP contribution in [0.2, 0.25) is 0 Å². The minimum atomic E-state index is -1.14. The molecule has 0 heterocycles. The number of anilines is 1. The highest BCUT2D eigenvalue weighted by Gasteiger charge is 2.27. The number of amides is 2. The maximum atomic E-state index is 12.0. The summed E-state index contributed by atoms with van der Waals surface area (Å²) in [5.74, 6) is -1.78. The number of carbonyl (C=O) groups is 3. The number of benzene rings is 1. The van der Waals surface area contributed by atoms with E-state index in [0.717, 1.165) is 0 Å². The molecule has 1 aromatic carbocycles. The summed E-state index contributed by atoms with van der Waals surface area (Å²) in [6.45, 7) is 1.69. The van der Waals surface area contributed by atoms with Gasteiger partial charge in [-0.15, -0.1) is 0 Å². The Morgan fingerprint density at radius 3 is 2.00 bits per heavy atom. The molecular weight excluding hydrogens is 617 g/mol. The maximum Gasteiger partial charge on any atom is 0.337 e. The van der Waals surface area contributed by atoms with E-state index < -0.39 is 11.9 Å². The molecule has 2 amide bonds. The molecular formula is C12H11I3N2O4. The Bertz CT molecular complexity index is 632. The number of halogens is 3. The third kappa shape index (κ3) is 3.97. The highest BCUT2D eigenvalue weighted by molar-refractivity contribution is 14.1. The van der Waals surface area contributed by atoms with Gasteiger partial charge in [0.1, 0.15) is 0 Å². The number of hydrogen-bond donors (Lipinski definition) is 3. The molecule has 0 aliphatic carbocycles. The molecule has 0 spiro atoms. The topological polar surface area (TPSA) is 95.5 Å². The van der Waals surface area contributed by atoms with Gasteiger partial charge in [0.05, 0.1) is 24.0 Å². The third-order valence-corrected chi connectivity index (χ3v) is 5.81. The summed E-state index contributed by atoms with van der Waals surface area (Å²) in [5, 5.41) is 14.5. The van der Waals surface area contributed by atoms with Crippen LogP contribution in [0.3, 0.4) is 0 Å². The third-order valence-electron chi connectivity index (χ3n) is 2.57. The van der Waals surface area contributed by atoms with Crippen molar-refractivity contribution in [1.29, 1.82) is 0 Å². The minimum Gasteiger partial charge on any atom is -0.478 e. The summed E-state index contributed by atoms with van der Waals surface area (Å²) in [4.78, 5) is 35.1. The molecule has 0 aliphatic heterocycles. The fourth-order valence-corrected chi connectivity index (χ4v) is 5.90. The number of carboxylic acids is 1. The standard InChI is InChI=1S/C12H11I3N2O4/c1-3-4(18)17-10-8(14)5(11(19)16-2)7(13)6(9(10)15)12(20)21/h3H2,1-2H3,(H,16,19)(H,17,18)(H,20,21). The zero-order valence-corrected chi connectivity index (χ0v) is 17.5. The zero-order chi connectivity index (χ0) is 16.3. The van der Waals surface area contributed by atoms with Crippen molar-refractivity contribution in [1.82, 2.24) is 5.32 Å². The van der Waals surface area contributed by atoms with Crippen molar-refractivity contribution >= 4 is 91.2 Å². The lowest BCUT2D eigenvalue weighted by atomic mass is 10.1. The van der Waals surface area contributed by atoms with Gasteiger partial charge in [-0.3, -0.25) is 9.59 Å². The van der Waals surface area contributed by atoms with Gasteiger partial charge < -0.3 is 15.7 Å². The minimum absolute atomic E-state index is 0.0154. The SMILES string of the molecule is CCC(=O)Nc1c(I)c(C(=O)O)c(I)c(C(=O)NC)c1I. The van der Waals surface area contributed by atoms with Gasteiger partial charge >= 0.3 is 5.97 Å². The molecule has 0 bridgehead atoms. The second kappa shape index (κ2) is 7.89. The maximum absolute atomic E-state index is 12.0. The Labute approximate surface area is 162 Å². The normalized spacial score (nSPS) is 10.1. The van der Waals surface area contributed by atoms with Crippen LogP contribution in [0.15, 0.2) is 0 Å². The lowest BCUT2D eigenvalue weighted by Crippen LogP contribution is -2.24. The van der Waals surface area contributed by atoms with Crippen LogP contribution in [0.25, 0.3) is 0 Å². The van der Waals surface area contributed by atoms with Crippen molar-refractivity contribution in [3.8, 4) is 0 Å². The molecule has 0 aliphatic rings. The van der Waals surface area contributed by atoms with E-state index in [9.17, 15) is 19.5 Å². The molecule has 3 N–H and O–H groups in total. The van der Waals surface area contributed by atoms with Crippen molar-refractivity contribution in [3.63, 3.8) is 0 Å². The number of carboxylic acid groups (broad SMARTS) is 1. The molecule has 0 saturated heterocycles. The molecule has 0 atom stereocenters. The van der Waals surface area contributed by atoms with Crippen LogP contribution >= 0.6 is 67.8 Å². The van der Waals surface area contributed by atoms with Crippen LogP contribution < -0.4 is 10.6 Å². The second-order valence-electron chi connectivity index (χ2n) is 3.85. The predicted molar refractivity (Wildman–Crippen MR) is 104 cm³/mol. The lowest BCUT2D eigenvalue weighted by molar-refractivity contribution is -0.115. The van der Waals surface area contributed by atoms with Gasteiger partial charge in [-0.1, -0.05) is 6.92 Å². The van der Waals surface area contributed by atoms with Crippen molar-refractivity contribution in [3.05, 3.63) is 21.8 Å². The van der Waals surface area contributed by atoms with Gasteiger partial charge in [0.25, 0.3) is 5.91 Å². The summed E-state index contributed by atoms with van der Waals surface area (Å²) in [6.07, 6.45) is 0.260. The van der Waals surface area contributed by atoms with E-state index in [2.05, 4.69) is 10.6 Å². The molecule has 0 fully saturated rings. The van der Waals surface area contributed by atoms with Crippen molar-refractivity contribution in [2.24, 2.45) is 0 Å². The van der Waals surface area contributed by atoms with Gasteiger partial charge in [0.15, 0.2) is 0 Å². The van der Waals surface area contributed by atoms with E-state index in [1.165, 1.54) is 7.05 Å². The summed E-state index contributed by atoms with van der Waals surface area (Å²) in [5.41, 5.74) is 0.629. The molecule has 21 heavy (non-hydrogen) atoms. The van der Waals surface area contributed by atoms with E-state index in [1.807, 2.05) is 67.8 Å². The Morgan fingerprint density at radius 2 is 1.57 bits per heavy atom. The van der Waals surface area contributed by atoms with E-state index in [-0.39, 0.29) is 23.5 Å². The number of hydrogen-bond acceptors (Lipinski definition) is 3. The van der Waals surface area contributed by atoms with E-state index in [0.29, 0.717) is 16.4 Å². The van der Waals surface area contributed by atoms with Gasteiger partial charge in [-0.05, 0) is 67.8 Å². The number of carbonyl (C=O) groups excluding carboxylic acids is 2. The van der Waals surface area contributed by atoms with Gasteiger partial charge in [0, 0.05) is 17.0 Å². The number of aromatic carboxylic acids is 1. The first-order chi connectivity index (χ1) is 9.76. The van der Waals surface area contributed by atoms with Crippen LogP contribution in [-0.4, -0.2) is 29.9 Å². The van der Waals surface area contributed by atoms with Crippen LogP contribution in [0.4, 0.5) is 5.69 Å². The van der Waals surface area contributed by atoms with Gasteiger partial charge in [-0.25, -0.2) is 4.79 Å². The predicted octanol–water partition coefficient (Wildman–Crippen LogP) is 2.91. The largest absolute Gasteiger partial charge is 0.478 e. The average molecular weight is 628 g/mol. The summed E-state index contributed by atoms with van der Waals surface area (Å²) in [7, 11) is 1.47. The first kappa shape index (κ1) is 18.9. The zero-order valence-electron chi connectivity index (χ0n) is 11.0. The van der Waals surface area contributed by atoms with E-state index >= 15 is 0 Å². The monoisotopic (exact) mass is 628 g/mol. The first-order valence-electron chi connectivity index (χ1n) is 5.71. The quantitative estimate of drug-likeness (QED) is 0.448. The van der Waals surface area contributed by atoms with Crippen molar-refractivity contribution in [2.45, 2.75) is 13.3 Å². The molecule has 114 valence electrons. The van der Waals surface area contributed by atoms with Crippen LogP contribution in [0, 0.1) is 10.7 Å². The number of rotatable bonds is 4. The van der Waals surface area contributed by atoms with Crippen LogP contribution in [-0.2, 0) is 4.79 Å². The van der Waals surface area contributed by atoms with Gasteiger partial charge in [-0.2, -0.15) is 0 Å². The van der Waals surface area contributed by atoms with E-state index in [4.69, 9.17) is 0 Å². The summed E-state index contributed by atoms with van der Waals surface area (Å²) in [6, 6.07) is 0. The Kier molecular flexibility index (Phi) is 7.09. The van der Waals surface area contributed by atoms with Crippen molar-refractivity contribution < 1.29 is 19.5 Å². The molecule has 1 aromatic rings. The van der Waals surface area contributed by atoms with Crippen molar-refractivity contribution in [2.75, 3.05) is 12.4 Å². The molecule has 9 heteroatoms. The molecule has 0 saturated carbocycles. The smallest absolute Gasteiger partial charge is 0.337 e. The molecule has 0 aromatic heterocycles. The number of nitrogens with one attached hydrogen (secondary N) is 2. The Hall–Kier alpha value is -0.180. The lowest BCUT2D eigenvalue weighted by Gasteiger charge is -2.17. The highest BCUT2D eigenvalue weighted by Crippen LogP contribution is 2.35. The molecule has 0 radical (unpaired) electrons. The Morgan fingerprint density at radius 1 is 1.05 bits per heavy atom. The van der Waals surface area contributed by atoms with Gasteiger partial charge in [0.2, 0.25) is 5.91 Å². The summed E-state index contributed by atoms with van der Waals surface area (Å²) < 4.78 is 1.28. The van der Waals surface area contributed by atoms with Crippen LogP contribution in [0.1, 0.15) is 34.1 Å². The van der Waals surface area contributed by atoms with Crippen LogP contribution in [0.5, 0.6) is 0 Å². The Balaban J connectivity index is 3.71. The fourth-order valence-electron chi connectivity index (χ4n) is 1.51. The molecule has 6 nitrogen and oxygen atoms in total. The van der Waals surface area contributed by atoms with E-state index in [1.54, 1.807) is 6.92 Å². The molecule has 1 rings (SSSR count). The fraction of sp³-hybridized carbons (Fsp3) is 0.250. The highest BCUT2D eigenvalue weighted by atomic mass is 127. The average Bonchev–Trinajstić information content (AvgIpc) is 2.42.